The number of esters is 1. The van der Waals surface area contributed by atoms with Gasteiger partial charge in [-0.2, -0.15) is 0 Å². The Hall–Kier alpha value is -6.46. The van der Waals surface area contributed by atoms with Gasteiger partial charge in [0.05, 0.1) is 0 Å². The number of aromatic nitrogens is 2. The van der Waals surface area contributed by atoms with Crippen LogP contribution in [-0.2, 0) is 25.7 Å². The SMILES string of the molecule is CC(C)[C@H](NC(=O)c1ccc(C(=O)OCc2ccccc2)[nH]1)C(=O)NCCCCNC(=O)[C@H](C)NC(=O)c1ccc(C(=O)N/C(N)=N\C(=O)OC(C)(C)C)[nH]1. The number of nitrogens with zero attached hydrogens (tertiary/aromatic N) is 1. The number of hydrogen-bond acceptors (Lipinski definition) is 9. The van der Waals surface area contributed by atoms with Gasteiger partial charge in [0.1, 0.15) is 47.1 Å². The first-order valence-electron chi connectivity index (χ1n) is 17.6. The van der Waals surface area contributed by atoms with Crippen LogP contribution >= 0.6 is 0 Å². The average molecular weight is 764 g/mol. The second-order valence-corrected chi connectivity index (χ2v) is 13.7. The minimum Gasteiger partial charge on any atom is -0.456 e. The van der Waals surface area contributed by atoms with Gasteiger partial charge < -0.3 is 46.4 Å². The normalized spacial score (nSPS) is 12.5. The van der Waals surface area contributed by atoms with Crippen molar-refractivity contribution in [1.82, 2.24) is 36.6 Å². The van der Waals surface area contributed by atoms with Gasteiger partial charge in [-0.15, -0.1) is 4.99 Å². The van der Waals surface area contributed by atoms with Crippen LogP contribution in [0.2, 0.25) is 0 Å². The van der Waals surface area contributed by atoms with Gasteiger partial charge in [-0.3, -0.25) is 29.3 Å². The maximum atomic E-state index is 12.9. The van der Waals surface area contributed by atoms with Gasteiger partial charge in [0, 0.05) is 13.1 Å². The van der Waals surface area contributed by atoms with Crippen LogP contribution in [0, 0.1) is 5.92 Å². The summed E-state index contributed by atoms with van der Waals surface area (Å²) in [5.74, 6) is -4.18. The highest BCUT2D eigenvalue weighted by molar-refractivity contribution is 6.07. The summed E-state index contributed by atoms with van der Waals surface area (Å²) in [7, 11) is 0. The van der Waals surface area contributed by atoms with E-state index in [4.69, 9.17) is 15.2 Å². The van der Waals surface area contributed by atoms with Gasteiger partial charge >= 0.3 is 12.1 Å². The van der Waals surface area contributed by atoms with E-state index in [0.717, 1.165) is 5.56 Å². The van der Waals surface area contributed by atoms with Crippen LogP contribution in [-0.4, -0.2) is 88.3 Å². The zero-order valence-corrected chi connectivity index (χ0v) is 31.7. The Morgan fingerprint density at radius 1 is 0.727 bits per heavy atom. The molecule has 0 bridgehead atoms. The number of nitrogens with one attached hydrogen (secondary N) is 7. The fourth-order valence-corrected chi connectivity index (χ4v) is 4.73. The molecule has 1 aromatic carbocycles. The second-order valence-electron chi connectivity index (χ2n) is 13.7. The molecular formula is C37H49N9O9. The Bertz CT molecular complexity index is 1860. The maximum absolute atomic E-state index is 12.9. The number of benzene rings is 1. The largest absolute Gasteiger partial charge is 0.456 e. The van der Waals surface area contributed by atoms with E-state index in [2.05, 4.69) is 41.5 Å². The number of carbonyl (C=O) groups excluding carboxylic acids is 7. The van der Waals surface area contributed by atoms with Crippen molar-refractivity contribution in [2.75, 3.05) is 13.1 Å². The number of aliphatic imine (C=N–C) groups is 1. The summed E-state index contributed by atoms with van der Waals surface area (Å²) in [5.41, 5.74) is 5.76. The van der Waals surface area contributed by atoms with Crippen LogP contribution in [0.1, 0.15) is 102 Å². The fourth-order valence-electron chi connectivity index (χ4n) is 4.73. The van der Waals surface area contributed by atoms with Crippen molar-refractivity contribution in [1.29, 1.82) is 0 Å². The number of aromatic amines is 2. The Morgan fingerprint density at radius 2 is 1.25 bits per heavy atom. The molecule has 0 saturated heterocycles. The zero-order valence-electron chi connectivity index (χ0n) is 31.7. The molecule has 0 aliphatic carbocycles. The molecule has 18 heteroatoms. The topological polar surface area (TPSA) is 268 Å². The lowest BCUT2D eigenvalue weighted by molar-refractivity contribution is -0.124. The second kappa shape index (κ2) is 20.1. The Kier molecular flexibility index (Phi) is 15.7. The Labute approximate surface area is 318 Å². The molecule has 2 atom stereocenters. The standard InChI is InChI=1S/C37H49N9O9/c1-21(2)28(44-31(49)25-16-17-27(43-25)34(52)54-20-23-12-8-7-9-13-23)33(51)40-19-11-10-18-39-29(47)22(3)41-30(48)24-14-15-26(42-24)32(50)45-35(38)46-36(53)55-37(4,5)6/h7-9,12-17,21-22,28,42-43H,10-11,18-20H2,1-6H3,(H,39,47)(H,40,51)(H,41,48)(H,44,49)(H3,38,45,46,50,53)/t22-,28-/m0/s1. The van der Waals surface area contributed by atoms with Gasteiger partial charge in [0.2, 0.25) is 17.8 Å². The van der Waals surface area contributed by atoms with Crippen LogP contribution in [0.15, 0.2) is 59.6 Å². The van der Waals surface area contributed by atoms with Gasteiger partial charge in [-0.25, -0.2) is 9.59 Å². The predicted octanol–water partition coefficient (Wildman–Crippen LogP) is 2.26. The fraction of sp³-hybridized carbons (Fsp3) is 0.405. The summed E-state index contributed by atoms with van der Waals surface area (Å²) in [5, 5.41) is 13.0. The van der Waals surface area contributed by atoms with Gasteiger partial charge in [-0.1, -0.05) is 44.2 Å². The minimum absolute atomic E-state index is 0.00374. The summed E-state index contributed by atoms with van der Waals surface area (Å²) >= 11 is 0. The summed E-state index contributed by atoms with van der Waals surface area (Å²) in [4.78, 5) is 96.5. The summed E-state index contributed by atoms with van der Waals surface area (Å²) in [6, 6.07) is 12.9. The summed E-state index contributed by atoms with van der Waals surface area (Å²) in [6.45, 7) is 10.6. The molecule has 0 fully saturated rings. The first kappa shape index (κ1) is 42.9. The molecule has 2 aromatic heterocycles. The van der Waals surface area contributed by atoms with E-state index in [1.807, 2.05) is 30.3 Å². The molecule has 55 heavy (non-hydrogen) atoms. The highest BCUT2D eigenvalue weighted by Crippen LogP contribution is 2.10. The summed E-state index contributed by atoms with van der Waals surface area (Å²) in [6.07, 6.45) is 0.0311. The van der Waals surface area contributed by atoms with Crippen molar-refractivity contribution in [2.45, 2.75) is 78.7 Å². The van der Waals surface area contributed by atoms with Gasteiger partial charge in [0.25, 0.3) is 17.7 Å². The first-order chi connectivity index (χ1) is 25.9. The van der Waals surface area contributed by atoms with E-state index in [1.165, 1.54) is 31.2 Å². The number of unbranched alkanes of at least 4 members (excludes halogenated alkanes) is 1. The van der Waals surface area contributed by atoms with Gasteiger partial charge in [-0.05, 0) is 76.3 Å². The maximum Gasteiger partial charge on any atom is 0.437 e. The molecule has 2 heterocycles. The summed E-state index contributed by atoms with van der Waals surface area (Å²) < 4.78 is 10.3. The highest BCUT2D eigenvalue weighted by Gasteiger charge is 2.26. The molecule has 0 unspecified atom stereocenters. The number of ether oxygens (including phenoxy) is 2. The Morgan fingerprint density at radius 3 is 1.84 bits per heavy atom. The molecule has 3 aromatic rings. The van der Waals surface area contributed by atoms with E-state index >= 15 is 0 Å². The van der Waals surface area contributed by atoms with E-state index in [-0.39, 0.29) is 54.3 Å². The quantitative estimate of drug-likeness (QED) is 0.0456. The number of amides is 6. The number of hydrogen-bond donors (Lipinski definition) is 8. The van der Waals surface area contributed by atoms with E-state index < -0.39 is 59.3 Å². The average Bonchev–Trinajstić information content (AvgIpc) is 3.82. The molecule has 0 saturated carbocycles. The zero-order chi connectivity index (χ0) is 40.7. The lowest BCUT2D eigenvalue weighted by Gasteiger charge is -2.21. The van der Waals surface area contributed by atoms with Crippen LogP contribution in [0.3, 0.4) is 0 Å². The van der Waals surface area contributed by atoms with Gasteiger partial charge in [0.15, 0.2) is 0 Å². The van der Waals surface area contributed by atoms with Crippen molar-refractivity contribution in [3.05, 3.63) is 82.9 Å². The van der Waals surface area contributed by atoms with Crippen LogP contribution in [0.25, 0.3) is 0 Å². The van der Waals surface area contributed by atoms with Crippen LogP contribution in [0.4, 0.5) is 4.79 Å². The van der Waals surface area contributed by atoms with E-state index in [0.29, 0.717) is 12.8 Å². The van der Waals surface area contributed by atoms with Crippen LogP contribution in [0.5, 0.6) is 0 Å². The smallest absolute Gasteiger partial charge is 0.437 e. The third-order valence-electron chi connectivity index (χ3n) is 7.56. The molecule has 3 rings (SSSR count). The van der Waals surface area contributed by atoms with E-state index in [1.54, 1.807) is 34.6 Å². The lowest BCUT2D eigenvalue weighted by Crippen LogP contribution is -2.50. The van der Waals surface area contributed by atoms with Crippen LogP contribution < -0.4 is 32.3 Å². The Balaban J connectivity index is 1.36. The monoisotopic (exact) mass is 763 g/mol. The molecule has 0 aliphatic rings. The third-order valence-corrected chi connectivity index (χ3v) is 7.56. The molecule has 0 spiro atoms. The highest BCUT2D eigenvalue weighted by atomic mass is 16.6. The third kappa shape index (κ3) is 14.5. The van der Waals surface area contributed by atoms with E-state index in [9.17, 15) is 33.6 Å². The molecule has 9 N–H and O–H groups in total. The number of carbonyl (C=O) groups is 7. The minimum atomic E-state index is -0.986. The first-order valence-corrected chi connectivity index (χ1v) is 17.6. The van der Waals surface area contributed by atoms with Crippen molar-refractivity contribution >= 4 is 47.6 Å². The van der Waals surface area contributed by atoms with Crippen molar-refractivity contribution in [3.63, 3.8) is 0 Å². The molecule has 0 aliphatic heterocycles. The number of nitrogens with two attached hydrogens (primary N) is 1. The molecule has 18 nitrogen and oxygen atoms in total. The molecule has 0 radical (unpaired) electrons. The predicted molar refractivity (Wildman–Crippen MR) is 201 cm³/mol. The number of rotatable bonds is 16. The molecular weight excluding hydrogens is 714 g/mol. The van der Waals surface area contributed by atoms with Crippen molar-refractivity contribution < 1.29 is 43.0 Å². The van der Waals surface area contributed by atoms with Crippen molar-refractivity contribution in [2.24, 2.45) is 16.6 Å². The number of guanidine groups is 1. The molecule has 296 valence electrons. The molecule has 6 amide bonds. The number of H-pyrrole nitrogens is 2. The van der Waals surface area contributed by atoms with Crippen molar-refractivity contribution in [3.8, 4) is 0 Å². The lowest BCUT2D eigenvalue weighted by atomic mass is 10.0.